The Morgan fingerprint density at radius 1 is 1.33 bits per heavy atom. The molecule has 18 heavy (non-hydrogen) atoms. The summed E-state index contributed by atoms with van der Waals surface area (Å²) in [5, 5.41) is 6.82. The Morgan fingerprint density at radius 2 is 2.17 bits per heavy atom. The zero-order valence-corrected chi connectivity index (χ0v) is 10.3. The Morgan fingerprint density at radius 3 is 2.83 bits per heavy atom. The Kier molecular flexibility index (Phi) is 3.03. The standard InChI is InChI=1S/C12H18N4O2/c17-11-4-3-10(14-15-11)12(18)13-8-5-6-16(7-8)9-1-2-9/h8-9H,1-7H2,(H,13,18)(H,15,17). The van der Waals surface area contributed by atoms with Crippen molar-refractivity contribution in [1.82, 2.24) is 15.6 Å². The first-order chi connectivity index (χ1) is 8.72. The van der Waals surface area contributed by atoms with Crippen molar-refractivity contribution in [2.45, 2.75) is 44.2 Å². The van der Waals surface area contributed by atoms with E-state index in [0.29, 0.717) is 18.6 Å². The predicted octanol–water partition coefficient (Wildman–Crippen LogP) is -0.395. The summed E-state index contributed by atoms with van der Waals surface area (Å²) in [5.74, 6) is -0.245. The van der Waals surface area contributed by atoms with Crippen molar-refractivity contribution in [1.29, 1.82) is 0 Å². The van der Waals surface area contributed by atoms with Crippen LogP contribution in [0.25, 0.3) is 0 Å². The molecule has 2 fully saturated rings. The second kappa shape index (κ2) is 4.68. The summed E-state index contributed by atoms with van der Waals surface area (Å²) in [7, 11) is 0. The maximum atomic E-state index is 11.9. The first kappa shape index (κ1) is 11.6. The van der Waals surface area contributed by atoms with Crippen molar-refractivity contribution in [2.24, 2.45) is 5.10 Å². The lowest BCUT2D eigenvalue weighted by Gasteiger charge is -2.17. The van der Waals surface area contributed by atoms with Gasteiger partial charge in [0.05, 0.1) is 0 Å². The lowest BCUT2D eigenvalue weighted by molar-refractivity contribution is -0.121. The minimum atomic E-state index is -0.127. The van der Waals surface area contributed by atoms with Crippen LogP contribution in [0.4, 0.5) is 0 Å². The van der Waals surface area contributed by atoms with E-state index >= 15 is 0 Å². The number of nitrogens with one attached hydrogen (secondary N) is 2. The molecule has 0 radical (unpaired) electrons. The molecule has 0 aromatic carbocycles. The first-order valence-electron chi connectivity index (χ1n) is 6.62. The molecule has 3 rings (SSSR count). The molecule has 6 heteroatoms. The average Bonchev–Trinajstić information content (AvgIpc) is 3.11. The van der Waals surface area contributed by atoms with E-state index in [9.17, 15) is 9.59 Å². The van der Waals surface area contributed by atoms with Gasteiger partial charge in [-0.15, -0.1) is 0 Å². The van der Waals surface area contributed by atoms with Crippen LogP contribution in [0.5, 0.6) is 0 Å². The molecule has 1 unspecified atom stereocenters. The highest BCUT2D eigenvalue weighted by molar-refractivity contribution is 6.39. The van der Waals surface area contributed by atoms with Crippen LogP contribution >= 0.6 is 0 Å². The Bertz CT molecular complexity index is 403. The van der Waals surface area contributed by atoms with Crippen LogP contribution in [0.2, 0.25) is 0 Å². The van der Waals surface area contributed by atoms with Crippen molar-refractivity contribution >= 4 is 17.5 Å². The highest BCUT2D eigenvalue weighted by Gasteiger charge is 2.35. The van der Waals surface area contributed by atoms with Gasteiger partial charge in [-0.1, -0.05) is 0 Å². The van der Waals surface area contributed by atoms with Crippen molar-refractivity contribution in [3.8, 4) is 0 Å². The average molecular weight is 250 g/mol. The molecule has 98 valence electrons. The SMILES string of the molecule is O=C1CCC(C(=O)NC2CCN(C3CC3)C2)=NN1. The van der Waals surface area contributed by atoms with E-state index in [-0.39, 0.29) is 17.9 Å². The van der Waals surface area contributed by atoms with Crippen LogP contribution in [0.3, 0.4) is 0 Å². The van der Waals surface area contributed by atoms with E-state index in [4.69, 9.17) is 0 Å². The molecule has 0 aromatic rings. The van der Waals surface area contributed by atoms with Gasteiger partial charge in [0.15, 0.2) is 0 Å². The van der Waals surface area contributed by atoms with Gasteiger partial charge in [0.2, 0.25) is 5.91 Å². The number of carbonyl (C=O) groups is 2. The smallest absolute Gasteiger partial charge is 0.267 e. The van der Waals surface area contributed by atoms with Gasteiger partial charge in [0.1, 0.15) is 5.71 Å². The second-order valence-corrected chi connectivity index (χ2v) is 5.28. The number of carbonyl (C=O) groups excluding carboxylic acids is 2. The molecule has 1 aliphatic carbocycles. The molecule has 2 amide bonds. The fraction of sp³-hybridized carbons (Fsp3) is 0.750. The van der Waals surface area contributed by atoms with Gasteiger partial charge in [-0.25, -0.2) is 5.43 Å². The third-order valence-corrected chi connectivity index (χ3v) is 3.78. The minimum absolute atomic E-state index is 0.118. The van der Waals surface area contributed by atoms with Crippen LogP contribution < -0.4 is 10.7 Å². The normalized spacial score (nSPS) is 28.8. The van der Waals surface area contributed by atoms with E-state index in [2.05, 4.69) is 20.7 Å². The monoisotopic (exact) mass is 250 g/mol. The van der Waals surface area contributed by atoms with Gasteiger partial charge < -0.3 is 5.32 Å². The van der Waals surface area contributed by atoms with Crippen LogP contribution in [-0.2, 0) is 9.59 Å². The topological polar surface area (TPSA) is 73.8 Å². The number of rotatable bonds is 3. The molecule has 2 heterocycles. The quantitative estimate of drug-likeness (QED) is 0.716. The number of hydrogen-bond acceptors (Lipinski definition) is 4. The number of likely N-dealkylation sites (tertiary alicyclic amines) is 1. The molecular formula is C12H18N4O2. The zero-order chi connectivity index (χ0) is 12.5. The molecule has 0 spiro atoms. The Hall–Kier alpha value is -1.43. The summed E-state index contributed by atoms with van der Waals surface area (Å²) >= 11 is 0. The van der Waals surface area contributed by atoms with Crippen molar-refractivity contribution < 1.29 is 9.59 Å². The highest BCUT2D eigenvalue weighted by Crippen LogP contribution is 2.29. The molecule has 0 bridgehead atoms. The molecule has 1 saturated heterocycles. The van der Waals surface area contributed by atoms with E-state index in [0.717, 1.165) is 25.6 Å². The van der Waals surface area contributed by atoms with Crippen molar-refractivity contribution in [3.05, 3.63) is 0 Å². The van der Waals surface area contributed by atoms with Crippen LogP contribution in [0, 0.1) is 0 Å². The summed E-state index contributed by atoms with van der Waals surface area (Å²) in [5.41, 5.74) is 2.80. The number of nitrogens with zero attached hydrogens (tertiary/aromatic N) is 2. The second-order valence-electron chi connectivity index (χ2n) is 5.28. The molecule has 6 nitrogen and oxygen atoms in total. The van der Waals surface area contributed by atoms with Crippen LogP contribution in [0.15, 0.2) is 5.10 Å². The lowest BCUT2D eigenvalue weighted by atomic mass is 10.1. The molecule has 1 atom stereocenters. The lowest BCUT2D eigenvalue weighted by Crippen LogP contribution is -2.43. The van der Waals surface area contributed by atoms with Crippen LogP contribution in [0.1, 0.15) is 32.1 Å². The Labute approximate surface area is 106 Å². The van der Waals surface area contributed by atoms with E-state index in [1.165, 1.54) is 12.8 Å². The van der Waals surface area contributed by atoms with Gasteiger partial charge >= 0.3 is 0 Å². The first-order valence-corrected chi connectivity index (χ1v) is 6.62. The fourth-order valence-electron chi connectivity index (χ4n) is 2.58. The fourth-order valence-corrected chi connectivity index (χ4v) is 2.58. The van der Waals surface area contributed by atoms with E-state index < -0.39 is 0 Å². The van der Waals surface area contributed by atoms with Gasteiger partial charge in [-0.05, 0) is 19.3 Å². The van der Waals surface area contributed by atoms with E-state index in [1.54, 1.807) is 0 Å². The molecule has 2 N–H and O–H groups in total. The van der Waals surface area contributed by atoms with Gasteiger partial charge in [-0.3, -0.25) is 14.5 Å². The van der Waals surface area contributed by atoms with E-state index in [1.807, 2.05) is 0 Å². The molecular weight excluding hydrogens is 232 g/mol. The highest BCUT2D eigenvalue weighted by atomic mass is 16.2. The third kappa shape index (κ3) is 2.53. The maximum absolute atomic E-state index is 11.9. The molecule has 3 aliphatic rings. The summed E-state index contributed by atoms with van der Waals surface area (Å²) in [6.07, 6.45) is 4.42. The molecule has 2 aliphatic heterocycles. The summed E-state index contributed by atoms with van der Waals surface area (Å²) < 4.78 is 0. The summed E-state index contributed by atoms with van der Waals surface area (Å²) in [6, 6.07) is 0.997. The summed E-state index contributed by atoms with van der Waals surface area (Å²) in [4.78, 5) is 25.3. The number of amides is 2. The number of hydrogen-bond donors (Lipinski definition) is 2. The van der Waals surface area contributed by atoms with Crippen molar-refractivity contribution in [3.63, 3.8) is 0 Å². The van der Waals surface area contributed by atoms with Crippen molar-refractivity contribution in [2.75, 3.05) is 13.1 Å². The molecule has 0 aromatic heterocycles. The predicted molar refractivity (Wildman–Crippen MR) is 66.0 cm³/mol. The summed E-state index contributed by atoms with van der Waals surface area (Å²) in [6.45, 7) is 2.04. The van der Waals surface area contributed by atoms with Gasteiger partial charge in [-0.2, -0.15) is 5.10 Å². The largest absolute Gasteiger partial charge is 0.347 e. The Balaban J connectivity index is 1.50. The third-order valence-electron chi connectivity index (χ3n) is 3.78. The zero-order valence-electron chi connectivity index (χ0n) is 10.3. The van der Waals surface area contributed by atoms with Gasteiger partial charge in [0.25, 0.3) is 5.91 Å². The number of hydrazone groups is 1. The van der Waals surface area contributed by atoms with Crippen LogP contribution in [-0.4, -0.2) is 47.6 Å². The van der Waals surface area contributed by atoms with Gasteiger partial charge in [0, 0.05) is 38.0 Å². The maximum Gasteiger partial charge on any atom is 0.267 e. The minimum Gasteiger partial charge on any atom is -0.347 e. The molecule has 1 saturated carbocycles.